The lowest BCUT2D eigenvalue weighted by atomic mass is 10.3. The summed E-state index contributed by atoms with van der Waals surface area (Å²) < 4.78 is 5.02. The zero-order valence-corrected chi connectivity index (χ0v) is 8.90. The van der Waals surface area contributed by atoms with E-state index in [0.717, 1.165) is 18.1 Å². The maximum Gasteiger partial charge on any atom is 0.137 e. The van der Waals surface area contributed by atoms with Gasteiger partial charge in [-0.15, -0.1) is 0 Å². The van der Waals surface area contributed by atoms with Crippen molar-refractivity contribution in [1.29, 1.82) is 0 Å². The van der Waals surface area contributed by atoms with Crippen LogP contribution in [0.2, 0.25) is 0 Å². The van der Waals surface area contributed by atoms with Gasteiger partial charge in [-0.3, -0.25) is 0 Å². The highest BCUT2D eigenvalue weighted by Gasteiger charge is 2.04. The fourth-order valence-electron chi connectivity index (χ4n) is 1.24. The Bertz CT molecular complexity index is 271. The third kappa shape index (κ3) is 2.88. The van der Waals surface area contributed by atoms with E-state index in [-0.39, 0.29) is 6.04 Å². The van der Waals surface area contributed by atoms with Gasteiger partial charge in [-0.05, 0) is 19.1 Å². The number of likely N-dealkylation sites (N-methyl/N-ethyl adjacent to an activating group) is 1. The standard InChI is InChI=1S/C10H17N3O/c1-8(11)7-13(2)10-5-4-9(14-3)6-12-10/h4-6,8H,7,11H2,1-3H3. The van der Waals surface area contributed by atoms with E-state index in [0.29, 0.717) is 0 Å². The molecule has 78 valence electrons. The highest BCUT2D eigenvalue weighted by atomic mass is 16.5. The lowest BCUT2D eigenvalue weighted by Gasteiger charge is -2.20. The lowest BCUT2D eigenvalue weighted by Crippen LogP contribution is -2.33. The second-order valence-corrected chi connectivity index (χ2v) is 3.41. The Kier molecular flexibility index (Phi) is 3.71. The molecule has 0 spiro atoms. The predicted molar refractivity (Wildman–Crippen MR) is 57.7 cm³/mol. The quantitative estimate of drug-likeness (QED) is 0.774. The van der Waals surface area contributed by atoms with Crippen LogP contribution in [0.1, 0.15) is 6.92 Å². The fourth-order valence-corrected chi connectivity index (χ4v) is 1.24. The van der Waals surface area contributed by atoms with Crippen molar-refractivity contribution >= 4 is 5.82 Å². The van der Waals surface area contributed by atoms with Crippen LogP contribution in [-0.2, 0) is 0 Å². The Morgan fingerprint density at radius 2 is 2.29 bits per heavy atom. The van der Waals surface area contributed by atoms with Crippen molar-refractivity contribution in [3.63, 3.8) is 0 Å². The van der Waals surface area contributed by atoms with Crippen molar-refractivity contribution < 1.29 is 4.74 Å². The Morgan fingerprint density at radius 1 is 1.57 bits per heavy atom. The van der Waals surface area contributed by atoms with E-state index in [1.54, 1.807) is 13.3 Å². The Morgan fingerprint density at radius 3 is 2.71 bits per heavy atom. The third-order valence-electron chi connectivity index (χ3n) is 1.91. The molecule has 0 aromatic carbocycles. The zero-order valence-electron chi connectivity index (χ0n) is 8.90. The van der Waals surface area contributed by atoms with Gasteiger partial charge < -0.3 is 15.4 Å². The molecule has 1 aromatic rings. The number of nitrogens with two attached hydrogens (primary N) is 1. The Labute approximate surface area is 84.7 Å². The second kappa shape index (κ2) is 4.81. The van der Waals surface area contributed by atoms with Crippen molar-refractivity contribution in [2.24, 2.45) is 5.73 Å². The fraction of sp³-hybridized carbons (Fsp3) is 0.500. The van der Waals surface area contributed by atoms with Crippen molar-refractivity contribution in [1.82, 2.24) is 4.98 Å². The minimum atomic E-state index is 0.143. The van der Waals surface area contributed by atoms with E-state index in [9.17, 15) is 0 Å². The molecule has 0 aliphatic heterocycles. The first-order valence-corrected chi connectivity index (χ1v) is 4.60. The summed E-state index contributed by atoms with van der Waals surface area (Å²) in [4.78, 5) is 6.27. The molecular weight excluding hydrogens is 178 g/mol. The molecule has 0 saturated carbocycles. The molecule has 1 heterocycles. The van der Waals surface area contributed by atoms with Crippen molar-refractivity contribution in [3.05, 3.63) is 18.3 Å². The van der Waals surface area contributed by atoms with E-state index < -0.39 is 0 Å². The first-order valence-electron chi connectivity index (χ1n) is 4.60. The van der Waals surface area contributed by atoms with Crippen molar-refractivity contribution in [3.8, 4) is 5.75 Å². The first kappa shape index (κ1) is 10.8. The van der Waals surface area contributed by atoms with Gasteiger partial charge in [0, 0.05) is 19.6 Å². The summed E-state index contributed by atoms with van der Waals surface area (Å²) in [7, 11) is 3.60. The number of hydrogen-bond acceptors (Lipinski definition) is 4. The minimum absolute atomic E-state index is 0.143. The van der Waals surface area contributed by atoms with Crippen LogP contribution in [0.5, 0.6) is 5.75 Å². The van der Waals surface area contributed by atoms with Gasteiger partial charge in [-0.2, -0.15) is 0 Å². The molecule has 2 N–H and O–H groups in total. The van der Waals surface area contributed by atoms with Crippen LogP contribution in [0, 0.1) is 0 Å². The van der Waals surface area contributed by atoms with Gasteiger partial charge in [-0.25, -0.2) is 4.98 Å². The summed E-state index contributed by atoms with van der Waals surface area (Å²) in [5, 5.41) is 0. The molecule has 1 aromatic heterocycles. The maximum atomic E-state index is 5.69. The van der Waals surface area contributed by atoms with Gasteiger partial charge in [-0.1, -0.05) is 0 Å². The van der Waals surface area contributed by atoms with Crippen molar-refractivity contribution in [2.75, 3.05) is 25.6 Å². The normalized spacial score (nSPS) is 12.3. The number of aromatic nitrogens is 1. The van der Waals surface area contributed by atoms with E-state index in [2.05, 4.69) is 4.98 Å². The molecule has 14 heavy (non-hydrogen) atoms. The topological polar surface area (TPSA) is 51.4 Å². The summed E-state index contributed by atoms with van der Waals surface area (Å²) >= 11 is 0. The molecule has 0 aliphatic rings. The molecule has 0 saturated heterocycles. The van der Waals surface area contributed by atoms with Crippen LogP contribution >= 0.6 is 0 Å². The number of ether oxygens (including phenoxy) is 1. The zero-order chi connectivity index (χ0) is 10.6. The average molecular weight is 195 g/mol. The van der Waals surface area contributed by atoms with Gasteiger partial charge >= 0.3 is 0 Å². The van der Waals surface area contributed by atoms with Gasteiger partial charge in [0.05, 0.1) is 13.3 Å². The Hall–Kier alpha value is -1.29. The summed E-state index contributed by atoms with van der Waals surface area (Å²) in [6, 6.07) is 3.95. The number of anilines is 1. The molecule has 1 unspecified atom stereocenters. The highest BCUT2D eigenvalue weighted by Crippen LogP contribution is 2.13. The number of pyridine rings is 1. The molecule has 0 bridgehead atoms. The lowest BCUT2D eigenvalue weighted by molar-refractivity contribution is 0.413. The number of nitrogens with zero attached hydrogens (tertiary/aromatic N) is 2. The van der Waals surface area contributed by atoms with Crippen LogP contribution in [0.4, 0.5) is 5.82 Å². The van der Waals surface area contributed by atoms with Crippen LogP contribution in [-0.4, -0.2) is 31.7 Å². The number of methoxy groups -OCH3 is 1. The third-order valence-corrected chi connectivity index (χ3v) is 1.91. The maximum absolute atomic E-state index is 5.69. The second-order valence-electron chi connectivity index (χ2n) is 3.41. The summed E-state index contributed by atoms with van der Waals surface area (Å²) in [6.45, 7) is 2.76. The van der Waals surface area contributed by atoms with E-state index in [4.69, 9.17) is 10.5 Å². The van der Waals surface area contributed by atoms with E-state index in [1.807, 2.05) is 31.0 Å². The van der Waals surface area contributed by atoms with Crippen LogP contribution in [0.15, 0.2) is 18.3 Å². The van der Waals surface area contributed by atoms with E-state index >= 15 is 0 Å². The van der Waals surface area contributed by atoms with Gasteiger partial charge in [0.25, 0.3) is 0 Å². The average Bonchev–Trinajstić information content (AvgIpc) is 2.17. The van der Waals surface area contributed by atoms with Crippen LogP contribution in [0.3, 0.4) is 0 Å². The number of rotatable bonds is 4. The first-order chi connectivity index (χ1) is 6.63. The molecule has 0 aliphatic carbocycles. The van der Waals surface area contributed by atoms with Crippen LogP contribution in [0.25, 0.3) is 0 Å². The Balaban J connectivity index is 2.66. The van der Waals surface area contributed by atoms with Crippen LogP contribution < -0.4 is 15.4 Å². The summed E-state index contributed by atoms with van der Waals surface area (Å²) in [5.74, 6) is 1.67. The van der Waals surface area contributed by atoms with Crippen molar-refractivity contribution in [2.45, 2.75) is 13.0 Å². The predicted octanol–water partition coefficient (Wildman–Crippen LogP) is 0.874. The molecule has 0 radical (unpaired) electrons. The molecule has 4 nitrogen and oxygen atoms in total. The smallest absolute Gasteiger partial charge is 0.137 e. The van der Waals surface area contributed by atoms with E-state index in [1.165, 1.54) is 0 Å². The molecule has 1 atom stereocenters. The molecule has 4 heteroatoms. The number of hydrogen-bond donors (Lipinski definition) is 1. The van der Waals surface area contributed by atoms with Gasteiger partial charge in [0.15, 0.2) is 0 Å². The molecule has 0 fully saturated rings. The van der Waals surface area contributed by atoms with Gasteiger partial charge in [0.2, 0.25) is 0 Å². The van der Waals surface area contributed by atoms with Gasteiger partial charge in [0.1, 0.15) is 11.6 Å². The highest BCUT2D eigenvalue weighted by molar-refractivity contribution is 5.39. The largest absolute Gasteiger partial charge is 0.495 e. The SMILES string of the molecule is COc1ccc(N(C)CC(C)N)nc1. The summed E-state index contributed by atoms with van der Waals surface area (Å²) in [6.07, 6.45) is 1.70. The molecular formula is C10H17N3O. The minimum Gasteiger partial charge on any atom is -0.495 e. The molecule has 0 amide bonds. The molecule has 1 rings (SSSR count). The summed E-state index contributed by atoms with van der Waals surface area (Å²) in [5.41, 5.74) is 5.69. The monoisotopic (exact) mass is 195 g/mol.